The molecule has 45 valence electrons. The van der Waals surface area contributed by atoms with Crippen molar-refractivity contribution in [2.45, 2.75) is 6.92 Å². The first-order valence-corrected chi connectivity index (χ1v) is 2.73. The number of hydrogen-bond donors (Lipinski definition) is 1. The first kappa shape index (κ1) is 6.30. The van der Waals surface area contributed by atoms with Gasteiger partial charge in [0.05, 0.1) is 0 Å². The van der Waals surface area contributed by atoms with E-state index >= 15 is 0 Å². The van der Waals surface area contributed by atoms with Crippen molar-refractivity contribution in [2.24, 2.45) is 0 Å². The molecule has 1 rings (SSSR count). The molecule has 9 heavy (non-hydrogen) atoms. The Morgan fingerprint density at radius 1 is 1.56 bits per heavy atom. The van der Waals surface area contributed by atoms with Crippen molar-refractivity contribution in [3.8, 4) is 0 Å². The van der Waals surface area contributed by atoms with Crippen molar-refractivity contribution in [3.63, 3.8) is 0 Å². The largest absolute Gasteiger partial charge is 0.450 e. The summed E-state index contributed by atoms with van der Waals surface area (Å²) in [5, 5.41) is 8.46. The van der Waals surface area contributed by atoms with Crippen LogP contribution in [0.3, 0.4) is 0 Å². The molecule has 0 aliphatic rings. The maximum atomic E-state index is 8.46. The van der Waals surface area contributed by atoms with E-state index < -0.39 is 0 Å². The van der Waals surface area contributed by atoms with Gasteiger partial charge in [-0.2, -0.15) is 0 Å². The number of hydrogen-bond acceptors (Lipinski definition) is 2. The SMILES string of the molecule is Cc1ccc([B]O)cn1. The van der Waals surface area contributed by atoms with Crippen LogP contribution in [-0.4, -0.2) is 17.5 Å². The van der Waals surface area contributed by atoms with Gasteiger partial charge in [0.15, 0.2) is 0 Å². The van der Waals surface area contributed by atoms with Crippen LogP contribution in [0.15, 0.2) is 18.3 Å². The van der Waals surface area contributed by atoms with E-state index in [9.17, 15) is 0 Å². The van der Waals surface area contributed by atoms with Crippen LogP contribution in [0.2, 0.25) is 0 Å². The predicted octanol–water partition coefficient (Wildman–Crippen LogP) is -0.373. The summed E-state index contributed by atoms with van der Waals surface area (Å²) in [7, 11) is 1.03. The second kappa shape index (κ2) is 2.64. The van der Waals surface area contributed by atoms with Crippen molar-refractivity contribution in [2.75, 3.05) is 0 Å². The van der Waals surface area contributed by atoms with Crippen LogP contribution in [-0.2, 0) is 0 Å². The van der Waals surface area contributed by atoms with Crippen LogP contribution in [0.4, 0.5) is 0 Å². The molecule has 0 atom stereocenters. The minimum Gasteiger partial charge on any atom is -0.450 e. The summed E-state index contributed by atoms with van der Waals surface area (Å²) in [4.78, 5) is 3.96. The van der Waals surface area contributed by atoms with Crippen molar-refractivity contribution in [3.05, 3.63) is 24.0 Å². The molecule has 0 bridgehead atoms. The molecule has 1 aromatic rings. The lowest BCUT2D eigenvalue weighted by Gasteiger charge is -1.91. The molecule has 3 heteroatoms. The summed E-state index contributed by atoms with van der Waals surface area (Å²) < 4.78 is 0. The average molecular weight is 120 g/mol. The van der Waals surface area contributed by atoms with E-state index in [4.69, 9.17) is 5.02 Å². The molecule has 0 aliphatic carbocycles. The van der Waals surface area contributed by atoms with Crippen LogP contribution < -0.4 is 5.46 Å². The molecule has 0 saturated heterocycles. The Morgan fingerprint density at radius 3 is 2.78 bits per heavy atom. The molecular formula is C6H7BNO. The van der Waals surface area contributed by atoms with Crippen LogP contribution >= 0.6 is 0 Å². The van der Waals surface area contributed by atoms with Gasteiger partial charge in [0.25, 0.3) is 0 Å². The van der Waals surface area contributed by atoms with Crippen LogP contribution in [0.25, 0.3) is 0 Å². The second-order valence-electron chi connectivity index (χ2n) is 1.86. The molecule has 0 aliphatic heterocycles. The summed E-state index contributed by atoms with van der Waals surface area (Å²) in [6.07, 6.45) is 1.62. The smallest absolute Gasteiger partial charge is 0.328 e. The van der Waals surface area contributed by atoms with Crippen molar-refractivity contribution in [1.29, 1.82) is 0 Å². The maximum Gasteiger partial charge on any atom is 0.328 e. The fourth-order valence-corrected chi connectivity index (χ4v) is 0.556. The van der Waals surface area contributed by atoms with E-state index in [1.807, 2.05) is 19.1 Å². The van der Waals surface area contributed by atoms with E-state index in [-0.39, 0.29) is 0 Å². The lowest BCUT2D eigenvalue weighted by molar-refractivity contribution is 0.615. The van der Waals surface area contributed by atoms with Gasteiger partial charge in [0, 0.05) is 11.9 Å². The summed E-state index contributed by atoms with van der Waals surface area (Å²) in [5.41, 5.74) is 1.70. The topological polar surface area (TPSA) is 33.1 Å². The number of aryl methyl sites for hydroxylation is 1. The van der Waals surface area contributed by atoms with Crippen LogP contribution in [0, 0.1) is 6.92 Å². The number of aromatic nitrogens is 1. The van der Waals surface area contributed by atoms with Gasteiger partial charge in [-0.1, -0.05) is 6.07 Å². The summed E-state index contributed by atoms with van der Waals surface area (Å²) >= 11 is 0. The van der Waals surface area contributed by atoms with E-state index in [0.717, 1.165) is 18.6 Å². The molecule has 0 unspecified atom stereocenters. The van der Waals surface area contributed by atoms with Crippen molar-refractivity contribution in [1.82, 2.24) is 4.98 Å². The Hall–Kier alpha value is -0.825. The van der Waals surface area contributed by atoms with Crippen molar-refractivity contribution < 1.29 is 5.02 Å². The normalized spacial score (nSPS) is 9.11. The third kappa shape index (κ3) is 1.54. The predicted molar refractivity (Wildman–Crippen MR) is 36.6 cm³/mol. The monoisotopic (exact) mass is 120 g/mol. The van der Waals surface area contributed by atoms with Gasteiger partial charge in [-0.3, -0.25) is 4.98 Å². The number of rotatable bonds is 1. The van der Waals surface area contributed by atoms with E-state index in [0.29, 0.717) is 0 Å². The molecule has 0 aromatic carbocycles. The highest BCUT2D eigenvalue weighted by atomic mass is 16.2. The first-order valence-electron chi connectivity index (χ1n) is 2.73. The first-order chi connectivity index (χ1) is 4.33. The van der Waals surface area contributed by atoms with E-state index in [1.54, 1.807) is 6.20 Å². The molecule has 1 radical (unpaired) electrons. The maximum absolute atomic E-state index is 8.46. The molecular weight excluding hydrogens is 113 g/mol. The quantitative estimate of drug-likeness (QED) is 0.512. The molecule has 0 fully saturated rings. The third-order valence-corrected chi connectivity index (χ3v) is 1.08. The zero-order valence-corrected chi connectivity index (χ0v) is 5.20. The highest BCUT2D eigenvalue weighted by Gasteiger charge is 1.90. The molecule has 1 aromatic heterocycles. The Balaban J connectivity index is 2.88. The Kier molecular flexibility index (Phi) is 1.85. The Morgan fingerprint density at radius 2 is 2.33 bits per heavy atom. The van der Waals surface area contributed by atoms with Gasteiger partial charge in [0.2, 0.25) is 0 Å². The number of nitrogens with zero attached hydrogens (tertiary/aromatic N) is 1. The molecule has 2 nitrogen and oxygen atoms in total. The zero-order chi connectivity index (χ0) is 6.69. The van der Waals surface area contributed by atoms with Crippen LogP contribution in [0.5, 0.6) is 0 Å². The highest BCUT2D eigenvalue weighted by Crippen LogP contribution is 1.84. The summed E-state index contributed by atoms with van der Waals surface area (Å²) in [6.45, 7) is 1.90. The molecule has 0 saturated carbocycles. The average Bonchev–Trinajstić information content (AvgIpc) is 1.90. The molecule has 1 N–H and O–H groups in total. The molecule has 1 heterocycles. The summed E-state index contributed by atoms with van der Waals surface area (Å²) in [6, 6.07) is 3.66. The van der Waals surface area contributed by atoms with E-state index in [2.05, 4.69) is 4.98 Å². The highest BCUT2D eigenvalue weighted by molar-refractivity contribution is 6.45. The third-order valence-electron chi connectivity index (χ3n) is 1.08. The lowest BCUT2D eigenvalue weighted by Crippen LogP contribution is -2.13. The Labute approximate surface area is 54.8 Å². The molecule has 0 amide bonds. The van der Waals surface area contributed by atoms with Gasteiger partial charge in [-0.15, -0.1) is 0 Å². The Bertz CT molecular complexity index is 185. The van der Waals surface area contributed by atoms with Gasteiger partial charge in [0.1, 0.15) is 0 Å². The summed E-state index contributed by atoms with van der Waals surface area (Å²) in [5.74, 6) is 0. The minimum absolute atomic E-state index is 0.737. The zero-order valence-electron chi connectivity index (χ0n) is 5.20. The minimum atomic E-state index is 0.737. The fourth-order valence-electron chi connectivity index (χ4n) is 0.556. The van der Waals surface area contributed by atoms with Gasteiger partial charge in [-0.25, -0.2) is 0 Å². The standard InChI is InChI=1S/C6H7BNO/c1-5-2-3-6(7-9)4-8-5/h2-4,9H,1H3. The second-order valence-corrected chi connectivity index (χ2v) is 1.86. The fraction of sp³-hybridized carbons (Fsp3) is 0.167. The van der Waals surface area contributed by atoms with Crippen molar-refractivity contribution >= 4 is 12.9 Å². The van der Waals surface area contributed by atoms with Gasteiger partial charge >= 0.3 is 7.48 Å². The lowest BCUT2D eigenvalue weighted by atomic mass is 9.91. The van der Waals surface area contributed by atoms with Crippen LogP contribution in [0.1, 0.15) is 5.69 Å². The number of pyridine rings is 1. The van der Waals surface area contributed by atoms with Gasteiger partial charge < -0.3 is 5.02 Å². The van der Waals surface area contributed by atoms with E-state index in [1.165, 1.54) is 0 Å². The van der Waals surface area contributed by atoms with Gasteiger partial charge in [-0.05, 0) is 18.5 Å². The molecule has 0 spiro atoms.